The number of aliphatic hydroxyl groups excluding tert-OH is 3. The number of rotatable bonds is 20. The molecule has 5 N–H and O–H groups in total. The summed E-state index contributed by atoms with van der Waals surface area (Å²) in [6.07, 6.45) is 6.79. The number of hydrogen-bond donors (Lipinski definition) is 5. The third-order valence-electron chi connectivity index (χ3n) is 6.41. The van der Waals surface area contributed by atoms with E-state index in [4.69, 9.17) is 19.7 Å². The van der Waals surface area contributed by atoms with Crippen LogP contribution in [0.3, 0.4) is 0 Å². The molecule has 4 atom stereocenters. The van der Waals surface area contributed by atoms with Gasteiger partial charge in [0.25, 0.3) is 0 Å². The Kier molecular flexibility index (Phi) is 18.7. The smallest absolute Gasteiger partial charge is 0.407 e. The number of alkyl carbamates (subject to hydrolysis) is 2. The van der Waals surface area contributed by atoms with E-state index in [0.29, 0.717) is 12.3 Å². The molecule has 208 valence electrons. The number of carbonyl (C=O) groups excluding carboxylic acids is 2. The van der Waals surface area contributed by atoms with Crippen LogP contribution in [0.1, 0.15) is 92.4 Å². The maximum absolute atomic E-state index is 12.1. The first-order chi connectivity index (χ1) is 16.5. The van der Waals surface area contributed by atoms with Gasteiger partial charge < -0.3 is 35.4 Å². The highest BCUT2D eigenvalue weighted by atomic mass is 16.6. The van der Waals surface area contributed by atoms with Crippen LogP contribution in [0.25, 0.3) is 0 Å². The molecule has 0 aliphatic heterocycles. The first-order valence-electron chi connectivity index (χ1n) is 13.3. The topological polar surface area (TPSA) is 137 Å². The van der Waals surface area contributed by atoms with Crippen LogP contribution in [0.5, 0.6) is 0 Å². The largest absolute Gasteiger partial charge is 0.447 e. The maximum atomic E-state index is 12.1. The number of ether oxygens (including phenoxy) is 2. The van der Waals surface area contributed by atoms with Crippen molar-refractivity contribution >= 4 is 12.2 Å². The molecular formula is C26H52N2O7. The summed E-state index contributed by atoms with van der Waals surface area (Å²) < 4.78 is 10.5. The first kappa shape index (κ1) is 33.4. The summed E-state index contributed by atoms with van der Waals surface area (Å²) >= 11 is 0. The van der Waals surface area contributed by atoms with Crippen LogP contribution in [0, 0.1) is 17.8 Å². The first-order valence-corrected chi connectivity index (χ1v) is 13.3. The lowest BCUT2D eigenvalue weighted by molar-refractivity contribution is -0.0953. The molecule has 4 unspecified atom stereocenters. The fourth-order valence-electron chi connectivity index (χ4n) is 4.01. The highest BCUT2D eigenvalue weighted by Crippen LogP contribution is 2.27. The number of carbonyl (C=O) groups is 2. The van der Waals surface area contributed by atoms with Crippen molar-refractivity contribution in [1.29, 1.82) is 0 Å². The van der Waals surface area contributed by atoms with E-state index < -0.39 is 23.9 Å². The molecule has 9 heteroatoms. The van der Waals surface area contributed by atoms with E-state index in [-0.39, 0.29) is 32.9 Å². The third-order valence-corrected chi connectivity index (χ3v) is 6.41. The number of amides is 2. The molecule has 0 aromatic carbocycles. The molecule has 0 bridgehead atoms. The van der Waals surface area contributed by atoms with Gasteiger partial charge >= 0.3 is 12.2 Å². The Morgan fingerprint density at radius 1 is 0.800 bits per heavy atom. The fraction of sp³-hybridized carbons (Fsp3) is 0.923. The van der Waals surface area contributed by atoms with Gasteiger partial charge in [0.2, 0.25) is 0 Å². The average Bonchev–Trinajstić information content (AvgIpc) is 2.79. The molecule has 0 spiro atoms. The van der Waals surface area contributed by atoms with E-state index >= 15 is 0 Å². The van der Waals surface area contributed by atoms with Gasteiger partial charge in [0, 0.05) is 13.1 Å². The number of hydrogen-bond acceptors (Lipinski definition) is 7. The Morgan fingerprint density at radius 3 is 1.80 bits per heavy atom. The molecule has 0 fully saturated rings. The molecule has 0 heterocycles. The SMILES string of the molecule is CC(C)CCCC(C)CCCC(C)CCCC(C)(OC(=O)NCCO)C(O)COC(=O)NCCO. The van der Waals surface area contributed by atoms with Gasteiger partial charge in [-0.2, -0.15) is 0 Å². The third kappa shape index (κ3) is 17.5. The van der Waals surface area contributed by atoms with Gasteiger partial charge in [0.05, 0.1) is 13.2 Å². The van der Waals surface area contributed by atoms with Crippen LogP contribution in [-0.2, 0) is 9.47 Å². The van der Waals surface area contributed by atoms with Gasteiger partial charge in [-0.25, -0.2) is 9.59 Å². The predicted molar refractivity (Wildman–Crippen MR) is 137 cm³/mol. The van der Waals surface area contributed by atoms with Crippen LogP contribution >= 0.6 is 0 Å². The second-order valence-electron chi connectivity index (χ2n) is 10.5. The van der Waals surface area contributed by atoms with Crippen molar-refractivity contribution in [3.05, 3.63) is 0 Å². The molecule has 0 aromatic rings. The van der Waals surface area contributed by atoms with Crippen molar-refractivity contribution in [3.8, 4) is 0 Å². The number of nitrogens with one attached hydrogen (secondary N) is 2. The van der Waals surface area contributed by atoms with Crippen LogP contribution in [0.15, 0.2) is 0 Å². The molecule has 0 saturated heterocycles. The van der Waals surface area contributed by atoms with Crippen LogP contribution in [0.4, 0.5) is 9.59 Å². The Bertz CT molecular complexity index is 562. The molecule has 0 rings (SSSR count). The monoisotopic (exact) mass is 504 g/mol. The highest BCUT2D eigenvalue weighted by molar-refractivity contribution is 5.68. The van der Waals surface area contributed by atoms with Gasteiger partial charge in [0.15, 0.2) is 0 Å². The molecule has 0 saturated carbocycles. The molecule has 0 aliphatic carbocycles. The average molecular weight is 505 g/mol. The summed E-state index contributed by atoms with van der Waals surface area (Å²) in [4.78, 5) is 23.7. The standard InChI is InChI=1S/C26H52N2O7/c1-20(2)9-6-10-21(3)11-7-12-22(4)13-8-14-26(5,35-25(33)28-16-18-30)23(31)19-34-24(32)27-15-17-29/h20-23,29-31H,6-19H2,1-5H3,(H,27,32)(H,28,33). The highest BCUT2D eigenvalue weighted by Gasteiger charge is 2.37. The second-order valence-corrected chi connectivity index (χ2v) is 10.5. The molecule has 0 radical (unpaired) electrons. The van der Waals surface area contributed by atoms with E-state index in [1.165, 1.54) is 32.1 Å². The van der Waals surface area contributed by atoms with E-state index in [1.807, 2.05) is 0 Å². The van der Waals surface area contributed by atoms with Gasteiger partial charge in [-0.1, -0.05) is 72.6 Å². The quantitative estimate of drug-likeness (QED) is 0.169. The Morgan fingerprint density at radius 2 is 1.29 bits per heavy atom. The summed E-state index contributed by atoms with van der Waals surface area (Å²) in [6, 6.07) is 0. The minimum absolute atomic E-state index is 0.0397. The zero-order chi connectivity index (χ0) is 26.7. The van der Waals surface area contributed by atoms with E-state index in [1.54, 1.807) is 6.92 Å². The van der Waals surface area contributed by atoms with Gasteiger partial charge in [-0.05, 0) is 37.5 Å². The van der Waals surface area contributed by atoms with Gasteiger partial charge in [-0.15, -0.1) is 0 Å². The van der Waals surface area contributed by atoms with Crippen LogP contribution in [-0.4, -0.2) is 72.1 Å². The van der Waals surface area contributed by atoms with E-state index in [2.05, 4.69) is 38.3 Å². The summed E-state index contributed by atoms with van der Waals surface area (Å²) in [5, 5.41) is 33.1. The van der Waals surface area contributed by atoms with Crippen molar-refractivity contribution in [2.24, 2.45) is 17.8 Å². The van der Waals surface area contributed by atoms with Gasteiger partial charge in [-0.3, -0.25) is 0 Å². The zero-order valence-corrected chi connectivity index (χ0v) is 22.7. The molecular weight excluding hydrogens is 452 g/mol. The zero-order valence-electron chi connectivity index (χ0n) is 22.7. The lowest BCUT2D eigenvalue weighted by atomic mass is 9.88. The predicted octanol–water partition coefficient (Wildman–Crippen LogP) is 3.98. The Labute approximate surface area is 212 Å². The van der Waals surface area contributed by atoms with Crippen LogP contribution < -0.4 is 10.6 Å². The maximum Gasteiger partial charge on any atom is 0.407 e. The van der Waals surface area contributed by atoms with Crippen molar-refractivity contribution in [3.63, 3.8) is 0 Å². The summed E-state index contributed by atoms with van der Waals surface area (Å²) in [6.45, 7) is 10.00. The Balaban J connectivity index is 4.60. The van der Waals surface area contributed by atoms with E-state index in [0.717, 1.165) is 31.1 Å². The molecule has 9 nitrogen and oxygen atoms in total. The summed E-state index contributed by atoms with van der Waals surface area (Å²) in [5.41, 5.74) is -1.26. The lowest BCUT2D eigenvalue weighted by Crippen LogP contribution is -2.49. The molecule has 0 aliphatic rings. The molecule has 35 heavy (non-hydrogen) atoms. The Hall–Kier alpha value is -1.58. The molecule has 0 aromatic heterocycles. The van der Waals surface area contributed by atoms with Crippen molar-refractivity contribution in [2.75, 3.05) is 32.9 Å². The lowest BCUT2D eigenvalue weighted by Gasteiger charge is -2.34. The summed E-state index contributed by atoms with van der Waals surface area (Å²) in [7, 11) is 0. The van der Waals surface area contributed by atoms with Gasteiger partial charge in [0.1, 0.15) is 18.3 Å². The molecule has 2 amide bonds. The van der Waals surface area contributed by atoms with E-state index in [9.17, 15) is 14.7 Å². The minimum Gasteiger partial charge on any atom is -0.447 e. The minimum atomic E-state index is -1.26. The summed E-state index contributed by atoms with van der Waals surface area (Å²) in [5.74, 6) is 2.04. The second kappa shape index (κ2) is 19.6. The fourth-order valence-corrected chi connectivity index (χ4v) is 4.01. The van der Waals surface area contributed by atoms with Crippen LogP contribution in [0.2, 0.25) is 0 Å². The number of aliphatic hydroxyl groups is 3. The van der Waals surface area contributed by atoms with Crippen molar-refractivity contribution in [2.45, 2.75) is 104 Å². The van der Waals surface area contributed by atoms with Crippen molar-refractivity contribution in [1.82, 2.24) is 10.6 Å². The van der Waals surface area contributed by atoms with Crippen molar-refractivity contribution < 1.29 is 34.4 Å². The normalized spacial score (nSPS) is 15.7.